The quantitative estimate of drug-likeness (QED) is 0.312. The largest absolute Gasteiger partial charge is 0.352 e. The highest BCUT2D eigenvalue weighted by Gasteiger charge is 2.28. The summed E-state index contributed by atoms with van der Waals surface area (Å²) in [5.41, 5.74) is -0.913. The summed E-state index contributed by atoms with van der Waals surface area (Å²) in [7, 11) is 24.3. The number of nitrogens with one attached hydrogen (secondary N) is 2. The Morgan fingerprint density at radius 3 is 0.979 bits per heavy atom. The molecule has 0 saturated heterocycles. The number of allylic oxidation sites excluding steroid dienone is 4. The molecular weight excluding hydrogens is 592 g/mol. The number of rotatable bonds is 2. The van der Waals surface area contributed by atoms with Gasteiger partial charge in [-0.15, -0.1) is 0 Å². The Hall–Kier alpha value is -7.60. The Balaban J connectivity index is 1.74. The number of hydrogen-bond acceptors (Lipinski definition) is 10. The molecule has 48 heavy (non-hydrogen) atoms. The molecule has 0 atom stereocenters. The van der Waals surface area contributed by atoms with Crippen LogP contribution in [0.1, 0.15) is 55.6 Å². The first-order chi connectivity index (χ1) is 23.1. The van der Waals surface area contributed by atoms with Gasteiger partial charge in [0.05, 0.1) is 92.6 Å². The van der Waals surface area contributed by atoms with Crippen molar-refractivity contribution >= 4 is 87.9 Å². The molecule has 0 fully saturated rings. The number of nitrogens with zero attached hydrogens (tertiary/aromatic N) is 8. The maximum absolute atomic E-state index is 10.3. The predicted octanol–water partition coefficient (Wildman–Crippen LogP) is 0.839. The Kier molecular flexibility index (Phi) is 8.23. The lowest BCUT2D eigenvalue weighted by Crippen LogP contribution is -2.29. The average molecular weight is 600 g/mol. The Labute approximate surface area is 279 Å². The van der Waals surface area contributed by atoms with Crippen molar-refractivity contribution in [3.05, 3.63) is 91.3 Å². The lowest BCUT2D eigenvalue weighted by Gasteiger charge is -2.26. The molecule has 2 heterocycles. The third-order valence-corrected chi connectivity index (χ3v) is 7.74. The summed E-state index contributed by atoms with van der Waals surface area (Å²) in [4.78, 5) is 0. The first-order valence-corrected chi connectivity index (χ1v) is 13.4. The Morgan fingerprint density at radius 2 is 0.729 bits per heavy atom. The molecule has 0 saturated carbocycles. The topological polar surface area (TPSA) is 214 Å². The van der Waals surface area contributed by atoms with Gasteiger partial charge in [0, 0.05) is 33.4 Å². The van der Waals surface area contributed by atoms with Crippen molar-refractivity contribution in [1.82, 2.24) is 0 Å². The summed E-state index contributed by atoms with van der Waals surface area (Å²) in [6, 6.07) is 18.7. The molecule has 2 aliphatic rings. The molecule has 3 aromatic carbocycles. The highest BCUT2D eigenvalue weighted by Crippen LogP contribution is 2.41. The fourth-order valence-electron chi connectivity index (χ4n) is 5.46. The summed E-state index contributed by atoms with van der Waals surface area (Å²) in [6.07, 6.45) is 6.45. The molecule has 0 amide bonds. The number of fused-ring (bicyclic) bond motifs is 3. The van der Waals surface area contributed by atoms with Gasteiger partial charge >= 0.3 is 0 Å². The second-order valence-corrected chi connectivity index (χ2v) is 10.0. The minimum Gasteiger partial charge on any atom is -0.352 e. The molecule has 5 rings (SSSR count). The van der Waals surface area contributed by atoms with Crippen molar-refractivity contribution in [2.24, 2.45) is 0 Å². The number of benzene rings is 3. The number of nitriles is 8. The van der Waals surface area contributed by atoms with E-state index in [2.05, 4.69) is 10.6 Å². The summed E-state index contributed by atoms with van der Waals surface area (Å²) in [5, 5.41) is 85.8. The van der Waals surface area contributed by atoms with Gasteiger partial charge in [-0.05, 0) is 12.2 Å². The van der Waals surface area contributed by atoms with E-state index in [0.717, 1.165) is 0 Å². The monoisotopic (exact) mass is 600 g/mol. The van der Waals surface area contributed by atoms with E-state index in [1.807, 2.05) is 36.4 Å². The van der Waals surface area contributed by atoms with Crippen LogP contribution in [0.15, 0.2) is 35.7 Å². The normalized spacial score (nSPS) is 13.8. The minimum atomic E-state index is -0.277. The van der Waals surface area contributed by atoms with E-state index >= 15 is 0 Å². The highest BCUT2D eigenvalue weighted by atomic mass is 15.0. The van der Waals surface area contributed by atoms with Gasteiger partial charge in [-0.25, -0.2) is 0 Å². The molecule has 10 nitrogen and oxygen atoms in total. The van der Waals surface area contributed by atoms with E-state index < -0.39 is 0 Å². The second-order valence-electron chi connectivity index (χ2n) is 10.0. The van der Waals surface area contributed by atoms with Crippen LogP contribution in [-0.2, 0) is 0 Å². The van der Waals surface area contributed by atoms with Crippen LogP contribution < -0.4 is 32.5 Å². The van der Waals surface area contributed by atoms with E-state index in [9.17, 15) is 42.1 Å². The highest BCUT2D eigenvalue weighted by molar-refractivity contribution is 6.44. The molecule has 0 aliphatic carbocycles. The van der Waals surface area contributed by atoms with Gasteiger partial charge in [0.2, 0.25) is 0 Å². The molecule has 0 unspecified atom stereocenters. The molecule has 2 N–H and O–H groups in total. The second kappa shape index (κ2) is 12.4. The van der Waals surface area contributed by atoms with Crippen LogP contribution in [0.4, 0.5) is 11.4 Å². The smallest absolute Gasteiger partial charge is 0.117 e. The molecule has 0 aromatic heterocycles. The summed E-state index contributed by atoms with van der Waals surface area (Å²) >= 11 is 0. The third kappa shape index (κ3) is 4.66. The third-order valence-electron chi connectivity index (χ3n) is 7.74. The SMILES string of the molecule is [B]c1c(C#N)c([B])c(C#N)c(/C(C#N)=C2\C=Cc3ccc4c(c3N2)N/C(=C(\C#N)c2c(C#N)c([B])c(C#N)c([B])c2C#N)C=C4)c1C#N. The Morgan fingerprint density at radius 1 is 0.438 bits per heavy atom. The van der Waals surface area contributed by atoms with Gasteiger partial charge in [-0.1, -0.05) is 46.1 Å². The zero-order valence-electron chi connectivity index (χ0n) is 24.4. The summed E-state index contributed by atoms with van der Waals surface area (Å²) in [6.45, 7) is 0. The van der Waals surface area contributed by atoms with Crippen molar-refractivity contribution < 1.29 is 0 Å². The summed E-state index contributed by atoms with van der Waals surface area (Å²) < 4.78 is 0. The van der Waals surface area contributed by atoms with E-state index in [1.165, 1.54) is 0 Å². The van der Waals surface area contributed by atoms with Crippen LogP contribution in [0.3, 0.4) is 0 Å². The lowest BCUT2D eigenvalue weighted by molar-refractivity contribution is 1.36. The van der Waals surface area contributed by atoms with Crippen LogP contribution in [0.5, 0.6) is 0 Å². The Bertz CT molecular complexity index is 2280. The van der Waals surface area contributed by atoms with Gasteiger partial charge in [0.25, 0.3) is 0 Å². The average Bonchev–Trinajstić information content (AvgIpc) is 3.09. The molecule has 2 aliphatic heterocycles. The van der Waals surface area contributed by atoms with Crippen LogP contribution >= 0.6 is 0 Å². The van der Waals surface area contributed by atoms with E-state index in [-0.39, 0.29) is 88.9 Å². The van der Waals surface area contributed by atoms with Crippen molar-refractivity contribution in [3.63, 3.8) is 0 Å². The zero-order chi connectivity index (χ0) is 34.9. The number of hydrogen-bond donors (Lipinski definition) is 2. The van der Waals surface area contributed by atoms with Crippen molar-refractivity contribution in [2.45, 2.75) is 0 Å². The van der Waals surface area contributed by atoms with Crippen LogP contribution in [0, 0.1) is 90.6 Å². The number of anilines is 2. The van der Waals surface area contributed by atoms with E-state index in [4.69, 9.17) is 31.4 Å². The van der Waals surface area contributed by atoms with Crippen molar-refractivity contribution in [1.29, 1.82) is 42.1 Å². The van der Waals surface area contributed by atoms with Crippen LogP contribution in [0.2, 0.25) is 0 Å². The molecule has 14 heteroatoms. The van der Waals surface area contributed by atoms with E-state index in [0.29, 0.717) is 22.5 Å². The molecule has 0 bridgehead atoms. The fraction of sp³-hybridized carbons (Fsp3) is 0. The maximum atomic E-state index is 10.3. The minimum absolute atomic E-state index is 0.152. The molecule has 0 spiro atoms. The van der Waals surface area contributed by atoms with Gasteiger partial charge in [-0.3, -0.25) is 0 Å². The molecule has 8 radical (unpaired) electrons. The van der Waals surface area contributed by atoms with Gasteiger partial charge in [-0.2, -0.15) is 42.1 Å². The molecule has 206 valence electrons. The van der Waals surface area contributed by atoms with Crippen molar-refractivity contribution in [2.75, 3.05) is 10.6 Å². The standard InChI is InChI=1S/C34H8B4N10/c35-29-19(9-41)27(20(10-42)30(36)23(29)13-45)17(7-39)25-5-3-15-1-2-16-4-6-26(48-34(16)33(15)47-25)18(8-40)28-21(11-43)31(37)24(14-46)32(38)22(28)12-44/h1-6,47-48H/b25-17+,26-18+. The lowest BCUT2D eigenvalue weighted by atomic mass is 9.72. The van der Waals surface area contributed by atoms with Gasteiger partial charge in [0.1, 0.15) is 43.5 Å². The first kappa shape index (κ1) is 31.8. The predicted molar refractivity (Wildman–Crippen MR) is 180 cm³/mol. The fourth-order valence-corrected chi connectivity index (χ4v) is 5.46. The maximum Gasteiger partial charge on any atom is 0.117 e. The van der Waals surface area contributed by atoms with E-state index in [1.54, 1.807) is 48.6 Å². The van der Waals surface area contributed by atoms with Gasteiger partial charge < -0.3 is 10.6 Å². The summed E-state index contributed by atoms with van der Waals surface area (Å²) in [5.74, 6) is 0. The zero-order valence-corrected chi connectivity index (χ0v) is 24.4. The van der Waals surface area contributed by atoms with Crippen LogP contribution in [-0.4, -0.2) is 31.4 Å². The first-order valence-electron chi connectivity index (χ1n) is 13.4. The molecule has 3 aromatic rings. The van der Waals surface area contributed by atoms with Gasteiger partial charge in [0.15, 0.2) is 0 Å². The van der Waals surface area contributed by atoms with Crippen molar-refractivity contribution in [3.8, 4) is 48.6 Å². The van der Waals surface area contributed by atoms with Crippen LogP contribution in [0.25, 0.3) is 23.3 Å². The molecular formula is C34H8B4N10.